The van der Waals surface area contributed by atoms with Crippen LogP contribution >= 0.6 is 23.4 Å². The van der Waals surface area contributed by atoms with Gasteiger partial charge in [0.1, 0.15) is 0 Å². The Hall–Kier alpha value is -0.263. The minimum absolute atomic E-state index is 0.494. The minimum atomic E-state index is -1.48. The number of hydrogen-bond acceptors (Lipinski definition) is 3. The number of allylic oxidation sites excluding steroid dienone is 2. The van der Waals surface area contributed by atoms with Crippen LogP contribution in [0.4, 0.5) is 0 Å². The van der Waals surface area contributed by atoms with Gasteiger partial charge in [0.05, 0.1) is 18.0 Å². The van der Waals surface area contributed by atoms with E-state index in [1.165, 1.54) is 6.08 Å². The summed E-state index contributed by atoms with van der Waals surface area (Å²) in [6.07, 6.45) is 4.17. The Morgan fingerprint density at radius 3 is 2.29 bits per heavy atom. The minimum Gasteiger partial charge on any atom is -0.259 e. The molecule has 0 radical (unpaired) electrons. The van der Waals surface area contributed by atoms with Gasteiger partial charge in [0, 0.05) is 6.08 Å². The zero-order valence-electron chi connectivity index (χ0n) is 8.70. The summed E-state index contributed by atoms with van der Waals surface area (Å²) in [6, 6.07) is 0. The Morgan fingerprint density at radius 2 is 2.00 bits per heavy atom. The Bertz CT molecular complexity index is 284. The Morgan fingerprint density at radius 1 is 1.50 bits per heavy atom. The van der Waals surface area contributed by atoms with Gasteiger partial charge in [-0.2, -0.15) is 0 Å². The lowest BCUT2D eigenvalue weighted by atomic mass is 10.6. The molecule has 0 aromatic heterocycles. The van der Waals surface area contributed by atoms with E-state index in [9.17, 15) is 10.1 Å². The van der Waals surface area contributed by atoms with Gasteiger partial charge in [0.2, 0.25) is 6.20 Å². The summed E-state index contributed by atoms with van der Waals surface area (Å²) >= 11 is 7.55. The quantitative estimate of drug-likeness (QED) is 0.333. The number of nitro groups is 1. The Kier molecular flexibility index (Phi) is 5.47. The topological polar surface area (TPSA) is 43.1 Å². The van der Waals surface area contributed by atoms with Crippen molar-refractivity contribution in [3.05, 3.63) is 32.0 Å². The molecule has 3 nitrogen and oxygen atoms in total. The summed E-state index contributed by atoms with van der Waals surface area (Å²) < 4.78 is 1.08. The number of halogens is 1. The van der Waals surface area contributed by atoms with Gasteiger partial charge < -0.3 is 0 Å². The molecule has 0 saturated heterocycles. The summed E-state index contributed by atoms with van der Waals surface area (Å²) in [6.45, 7) is 6.46. The molecule has 0 saturated carbocycles. The zero-order chi connectivity index (χ0) is 11.4. The van der Waals surface area contributed by atoms with Gasteiger partial charge >= 0.3 is 0 Å². The van der Waals surface area contributed by atoms with Crippen molar-refractivity contribution in [1.82, 2.24) is 0 Å². The molecule has 0 aromatic rings. The predicted molar refractivity (Wildman–Crippen MR) is 65.9 cm³/mol. The zero-order valence-corrected chi connectivity index (χ0v) is 11.3. The van der Waals surface area contributed by atoms with E-state index in [1.807, 2.05) is 6.26 Å². The molecule has 0 atom stereocenters. The largest absolute Gasteiger partial charge is 0.259 e. The second kappa shape index (κ2) is 5.58. The van der Waals surface area contributed by atoms with Crippen LogP contribution in [-0.2, 0) is 0 Å². The lowest BCUT2D eigenvalue weighted by molar-refractivity contribution is -0.402. The third kappa shape index (κ3) is 4.83. The lowest BCUT2D eigenvalue weighted by Gasteiger charge is -2.19. The van der Waals surface area contributed by atoms with Crippen LogP contribution in [-0.4, -0.2) is 19.3 Å². The highest BCUT2D eigenvalue weighted by atomic mass is 35.5. The van der Waals surface area contributed by atoms with Crippen LogP contribution in [0, 0.1) is 10.1 Å². The van der Waals surface area contributed by atoms with Gasteiger partial charge in [0.15, 0.2) is 0 Å². The molecule has 0 rings (SSSR count). The second-order valence-corrected chi connectivity index (χ2v) is 10.3. The second-order valence-electron chi connectivity index (χ2n) is 3.73. The summed E-state index contributed by atoms with van der Waals surface area (Å²) in [5.74, 6) is 0. The maximum Gasteiger partial charge on any atom is 0.235 e. The first-order valence-corrected chi connectivity index (χ1v) is 9.15. The van der Waals surface area contributed by atoms with Gasteiger partial charge in [-0.05, 0) is 10.8 Å². The van der Waals surface area contributed by atoms with Crippen molar-refractivity contribution in [2.24, 2.45) is 0 Å². The summed E-state index contributed by atoms with van der Waals surface area (Å²) in [4.78, 5) is 9.60. The molecule has 0 amide bonds. The highest BCUT2D eigenvalue weighted by Gasteiger charge is 2.21. The molecule has 0 unspecified atom stereocenters. The van der Waals surface area contributed by atoms with Crippen molar-refractivity contribution in [2.75, 3.05) is 6.26 Å². The summed E-state index contributed by atoms with van der Waals surface area (Å²) in [5, 5.41) is 10.6. The fourth-order valence-corrected chi connectivity index (χ4v) is 5.61. The smallest absolute Gasteiger partial charge is 0.235 e. The maximum atomic E-state index is 10.1. The van der Waals surface area contributed by atoms with Crippen LogP contribution < -0.4 is 0 Å². The molecule has 0 bridgehead atoms. The Balaban J connectivity index is 4.95. The van der Waals surface area contributed by atoms with Gasteiger partial charge in [-0.15, -0.1) is 11.8 Å². The van der Waals surface area contributed by atoms with Crippen molar-refractivity contribution in [1.29, 1.82) is 0 Å². The summed E-state index contributed by atoms with van der Waals surface area (Å²) in [7, 11) is -1.48. The molecule has 14 heavy (non-hydrogen) atoms. The average molecular weight is 252 g/mol. The number of hydrogen-bond donors (Lipinski definition) is 0. The highest BCUT2D eigenvalue weighted by Crippen LogP contribution is 2.30. The number of nitrogens with zero attached hydrogens (tertiary/aromatic N) is 1. The van der Waals surface area contributed by atoms with E-state index in [0.717, 1.165) is 10.7 Å². The van der Waals surface area contributed by atoms with Crippen LogP contribution in [0.2, 0.25) is 19.6 Å². The number of thioether (sulfide) groups is 1. The molecule has 0 aliphatic carbocycles. The van der Waals surface area contributed by atoms with Gasteiger partial charge in [-0.3, -0.25) is 10.1 Å². The molecule has 0 fully saturated rings. The molecular weight excluding hydrogens is 238 g/mol. The number of rotatable bonds is 4. The molecule has 0 heterocycles. The average Bonchev–Trinajstić information content (AvgIpc) is 1.99. The molecule has 0 aromatic carbocycles. The van der Waals surface area contributed by atoms with Crippen LogP contribution in [0.5, 0.6) is 0 Å². The fraction of sp³-hybridized carbons (Fsp3) is 0.500. The van der Waals surface area contributed by atoms with E-state index in [-0.39, 0.29) is 0 Å². The van der Waals surface area contributed by atoms with Crippen molar-refractivity contribution in [3.8, 4) is 0 Å². The van der Waals surface area contributed by atoms with Crippen molar-refractivity contribution in [2.45, 2.75) is 19.6 Å². The van der Waals surface area contributed by atoms with Gasteiger partial charge in [-0.1, -0.05) is 31.2 Å². The molecule has 0 N–H and O–H groups in total. The van der Waals surface area contributed by atoms with E-state index in [0.29, 0.717) is 5.03 Å². The first-order valence-electron chi connectivity index (χ1n) is 4.05. The monoisotopic (exact) mass is 251 g/mol. The molecule has 80 valence electrons. The van der Waals surface area contributed by atoms with Crippen LogP contribution in [0.3, 0.4) is 0 Å². The third-order valence-electron chi connectivity index (χ3n) is 1.44. The van der Waals surface area contributed by atoms with Crippen LogP contribution in [0.15, 0.2) is 21.8 Å². The molecule has 0 aliphatic rings. The molecule has 6 heteroatoms. The standard InChI is InChI=1S/C8H14ClNO2SSi/c1-13-8(14(2,3)4)7(9)5-6-10(11)12/h5-6H,1-4H3/b6-5+,8-7+. The van der Waals surface area contributed by atoms with Crippen molar-refractivity contribution < 1.29 is 4.92 Å². The summed E-state index contributed by atoms with van der Waals surface area (Å²) in [5.41, 5.74) is 0. The molecule has 0 spiro atoms. The van der Waals surface area contributed by atoms with Crippen LogP contribution in [0.1, 0.15) is 0 Å². The van der Waals surface area contributed by atoms with E-state index in [4.69, 9.17) is 11.6 Å². The van der Waals surface area contributed by atoms with Crippen molar-refractivity contribution >= 4 is 31.4 Å². The SMILES string of the molecule is CS/C(=C(Cl)/C=C/[N+](=O)[O-])[Si](C)(C)C. The first kappa shape index (κ1) is 13.7. The third-order valence-corrected chi connectivity index (χ3v) is 6.74. The first-order chi connectivity index (χ1) is 6.29. The normalized spacial score (nSPS) is 14.4. The van der Waals surface area contributed by atoms with Crippen molar-refractivity contribution in [3.63, 3.8) is 0 Å². The predicted octanol–water partition coefficient (Wildman–Crippen LogP) is 3.47. The van der Waals surface area contributed by atoms with Gasteiger partial charge in [-0.25, -0.2) is 0 Å². The fourth-order valence-electron chi connectivity index (χ4n) is 0.964. The van der Waals surface area contributed by atoms with Gasteiger partial charge in [0.25, 0.3) is 0 Å². The highest BCUT2D eigenvalue weighted by molar-refractivity contribution is 8.04. The van der Waals surface area contributed by atoms with E-state index in [2.05, 4.69) is 19.6 Å². The van der Waals surface area contributed by atoms with E-state index in [1.54, 1.807) is 11.8 Å². The van der Waals surface area contributed by atoms with E-state index >= 15 is 0 Å². The lowest BCUT2D eigenvalue weighted by Crippen LogP contribution is -2.22. The maximum absolute atomic E-state index is 10.1. The Labute approximate surface area is 94.4 Å². The molecule has 0 aliphatic heterocycles. The molecular formula is C8H14ClNO2SSi. The van der Waals surface area contributed by atoms with Crippen LogP contribution in [0.25, 0.3) is 0 Å². The van der Waals surface area contributed by atoms with E-state index < -0.39 is 13.0 Å².